The van der Waals surface area contributed by atoms with Gasteiger partial charge in [0.15, 0.2) is 6.29 Å². The number of morpholine rings is 1. The number of aldehydes is 1. The van der Waals surface area contributed by atoms with Crippen LogP contribution in [0.2, 0.25) is 0 Å². The Kier molecular flexibility index (Phi) is 9.24. The Morgan fingerprint density at radius 1 is 1.10 bits per heavy atom. The summed E-state index contributed by atoms with van der Waals surface area (Å²) in [6.45, 7) is 5.92. The maximum Gasteiger partial charge on any atom is 0.337 e. The van der Waals surface area contributed by atoms with Crippen LogP contribution in [-0.2, 0) is 25.5 Å². The summed E-state index contributed by atoms with van der Waals surface area (Å²) in [5.74, 6) is 2.04. The third kappa shape index (κ3) is 6.27. The monoisotopic (exact) mass is 563 g/mol. The van der Waals surface area contributed by atoms with Crippen molar-refractivity contribution in [1.29, 1.82) is 0 Å². The number of benzene rings is 2. The number of ether oxygens (including phenoxy) is 2. The van der Waals surface area contributed by atoms with Gasteiger partial charge in [0.1, 0.15) is 0 Å². The van der Waals surface area contributed by atoms with Gasteiger partial charge < -0.3 is 19.7 Å². The molecule has 0 saturated carbocycles. The second-order valence-electron chi connectivity index (χ2n) is 10.5. The highest BCUT2D eigenvalue weighted by Gasteiger charge is 2.28. The quantitative estimate of drug-likeness (QED) is 0.291. The minimum absolute atomic E-state index is 0.121. The van der Waals surface area contributed by atoms with Crippen molar-refractivity contribution in [3.63, 3.8) is 0 Å². The number of carbonyl (C=O) groups is 3. The predicted molar refractivity (Wildman–Crippen MR) is 159 cm³/mol. The van der Waals surface area contributed by atoms with Crippen molar-refractivity contribution in [2.75, 3.05) is 68.2 Å². The molecule has 0 bridgehead atoms. The Bertz CT molecular complexity index is 1300. The van der Waals surface area contributed by atoms with E-state index >= 15 is 0 Å². The first-order valence-corrected chi connectivity index (χ1v) is 15.1. The third-order valence-corrected chi connectivity index (χ3v) is 9.04. The molecule has 0 spiro atoms. The molecule has 0 aromatic heterocycles. The van der Waals surface area contributed by atoms with E-state index in [1.165, 1.54) is 7.11 Å². The summed E-state index contributed by atoms with van der Waals surface area (Å²) in [6, 6.07) is 11.5. The van der Waals surface area contributed by atoms with E-state index in [0.717, 1.165) is 83.9 Å². The number of nitrogens with one attached hydrogen (secondary N) is 1. The van der Waals surface area contributed by atoms with E-state index in [-0.39, 0.29) is 11.8 Å². The highest BCUT2D eigenvalue weighted by atomic mass is 32.2. The fourth-order valence-corrected chi connectivity index (χ4v) is 6.89. The third-order valence-electron chi connectivity index (χ3n) is 7.99. The molecule has 2 aromatic rings. The highest BCUT2D eigenvalue weighted by molar-refractivity contribution is 7.99. The van der Waals surface area contributed by atoms with Crippen LogP contribution in [0, 0.1) is 12.8 Å². The highest BCUT2D eigenvalue weighted by Crippen LogP contribution is 2.36. The minimum atomic E-state index is -0.399. The Labute approximate surface area is 240 Å². The molecule has 1 amide bonds. The van der Waals surface area contributed by atoms with E-state index in [1.807, 2.05) is 41.8 Å². The summed E-state index contributed by atoms with van der Waals surface area (Å²) >= 11 is 1.94. The maximum absolute atomic E-state index is 13.1. The van der Waals surface area contributed by atoms with Crippen molar-refractivity contribution in [2.24, 2.45) is 5.92 Å². The first-order valence-electron chi connectivity index (χ1n) is 14.0. The van der Waals surface area contributed by atoms with E-state index < -0.39 is 5.97 Å². The molecule has 2 saturated heterocycles. The zero-order valence-electron chi connectivity index (χ0n) is 23.2. The number of esters is 1. The van der Waals surface area contributed by atoms with E-state index in [4.69, 9.17) is 9.47 Å². The molecule has 0 unspecified atom stereocenters. The van der Waals surface area contributed by atoms with Crippen LogP contribution in [-0.4, -0.2) is 81.1 Å². The molecule has 0 aliphatic carbocycles. The number of allylic oxidation sites excluding steroid dienone is 2. The van der Waals surface area contributed by atoms with E-state index in [1.54, 1.807) is 12.1 Å². The lowest BCUT2D eigenvalue weighted by Crippen LogP contribution is -2.44. The van der Waals surface area contributed by atoms with Gasteiger partial charge in [0.25, 0.3) is 0 Å². The maximum atomic E-state index is 13.1. The van der Waals surface area contributed by atoms with Gasteiger partial charge >= 0.3 is 5.97 Å². The van der Waals surface area contributed by atoms with Crippen molar-refractivity contribution in [3.8, 4) is 0 Å². The van der Waals surface area contributed by atoms with Crippen molar-refractivity contribution in [2.45, 2.75) is 26.2 Å². The lowest BCUT2D eigenvalue weighted by molar-refractivity contribution is -0.120. The molecule has 3 aliphatic rings. The molecule has 0 atom stereocenters. The van der Waals surface area contributed by atoms with Gasteiger partial charge in [0.05, 0.1) is 32.4 Å². The number of hydrogen-bond donors (Lipinski definition) is 1. The van der Waals surface area contributed by atoms with Crippen LogP contribution in [0.1, 0.15) is 39.9 Å². The van der Waals surface area contributed by atoms with E-state index in [9.17, 15) is 14.4 Å². The number of amides is 1. The summed E-state index contributed by atoms with van der Waals surface area (Å²) < 4.78 is 10.3. The number of thioether (sulfide) groups is 1. The van der Waals surface area contributed by atoms with Crippen LogP contribution in [0.3, 0.4) is 0 Å². The molecule has 3 heterocycles. The molecular weight excluding hydrogens is 526 g/mol. The largest absolute Gasteiger partial charge is 0.465 e. The van der Waals surface area contributed by atoms with E-state index in [2.05, 4.69) is 16.3 Å². The van der Waals surface area contributed by atoms with Gasteiger partial charge in [-0.05, 0) is 84.7 Å². The van der Waals surface area contributed by atoms with Gasteiger partial charge in [0.2, 0.25) is 5.91 Å². The first-order chi connectivity index (χ1) is 19.5. The number of hydrogen-bond acceptors (Lipinski definition) is 8. The van der Waals surface area contributed by atoms with Crippen molar-refractivity contribution >= 4 is 46.9 Å². The zero-order chi connectivity index (χ0) is 28.1. The molecule has 2 fully saturated rings. The normalized spacial score (nSPS) is 18.6. The van der Waals surface area contributed by atoms with Crippen LogP contribution in [0.4, 0.5) is 11.4 Å². The second kappa shape index (κ2) is 13.0. The fraction of sp³-hybridized carbons (Fsp3) is 0.452. The molecular formula is C31H37N3O5S. The van der Waals surface area contributed by atoms with Crippen LogP contribution in [0.25, 0.3) is 5.57 Å². The predicted octanol–water partition coefficient (Wildman–Crippen LogP) is 4.17. The van der Waals surface area contributed by atoms with Gasteiger partial charge in [-0.15, -0.1) is 0 Å². The SMILES string of the molecule is COC(=O)c1ccc(/C(C=O)=C(/Nc2ccc3c(c2)CCN3C(=O)CN2CCOCC2)C2CCSCC2)c(C)c1. The summed E-state index contributed by atoms with van der Waals surface area (Å²) in [4.78, 5) is 41.8. The van der Waals surface area contributed by atoms with Crippen molar-refractivity contribution in [1.82, 2.24) is 4.90 Å². The number of anilines is 2. The van der Waals surface area contributed by atoms with Gasteiger partial charge in [-0.25, -0.2) is 4.79 Å². The van der Waals surface area contributed by atoms with Gasteiger partial charge in [0, 0.05) is 48.2 Å². The Morgan fingerprint density at radius 3 is 2.58 bits per heavy atom. The smallest absolute Gasteiger partial charge is 0.337 e. The minimum Gasteiger partial charge on any atom is -0.465 e. The lowest BCUT2D eigenvalue weighted by Gasteiger charge is -2.28. The topological polar surface area (TPSA) is 88.2 Å². The number of methoxy groups -OCH3 is 1. The number of nitrogens with zero attached hydrogens (tertiary/aromatic N) is 2. The summed E-state index contributed by atoms with van der Waals surface area (Å²) in [5, 5.41) is 3.64. The molecule has 1 N–H and O–H groups in total. The van der Waals surface area contributed by atoms with Crippen LogP contribution in [0.5, 0.6) is 0 Å². The van der Waals surface area contributed by atoms with Gasteiger partial charge in [-0.1, -0.05) is 6.07 Å². The summed E-state index contributed by atoms with van der Waals surface area (Å²) in [7, 11) is 1.36. The van der Waals surface area contributed by atoms with Crippen LogP contribution in [0.15, 0.2) is 42.1 Å². The standard InChI is InChI=1S/C31H37N3O5S/c1-21-17-24(31(37)38-2)3-5-26(21)27(20-35)30(22-8-15-40-16-9-22)32-25-4-6-28-23(18-25)7-10-34(28)29(36)19-33-11-13-39-14-12-33/h3-6,17-18,20,22,32H,7-16,19H2,1-2H3/b30-27+. The summed E-state index contributed by atoms with van der Waals surface area (Å²) in [5.41, 5.74) is 6.67. The zero-order valence-corrected chi connectivity index (χ0v) is 24.1. The number of rotatable bonds is 8. The number of carbonyl (C=O) groups excluding carboxylic acids is 3. The van der Waals surface area contributed by atoms with Crippen molar-refractivity contribution < 1.29 is 23.9 Å². The second-order valence-corrected chi connectivity index (χ2v) is 11.7. The summed E-state index contributed by atoms with van der Waals surface area (Å²) in [6.07, 6.45) is 3.70. The number of fused-ring (bicyclic) bond motifs is 1. The Balaban J connectivity index is 1.42. The van der Waals surface area contributed by atoms with E-state index in [0.29, 0.717) is 37.4 Å². The lowest BCUT2D eigenvalue weighted by atomic mass is 9.89. The fourth-order valence-electron chi connectivity index (χ4n) is 5.79. The van der Waals surface area contributed by atoms with Gasteiger partial charge in [-0.3, -0.25) is 14.5 Å². The molecule has 0 radical (unpaired) electrons. The van der Waals surface area contributed by atoms with Crippen LogP contribution >= 0.6 is 11.8 Å². The Morgan fingerprint density at radius 2 is 1.88 bits per heavy atom. The Hall–Kier alpha value is -3.14. The average Bonchev–Trinajstić information content (AvgIpc) is 3.42. The molecule has 5 rings (SSSR count). The molecule has 40 heavy (non-hydrogen) atoms. The molecule has 9 heteroatoms. The van der Waals surface area contributed by atoms with Crippen LogP contribution < -0.4 is 10.2 Å². The molecule has 212 valence electrons. The van der Waals surface area contributed by atoms with Crippen molar-refractivity contribution in [3.05, 3.63) is 64.3 Å². The molecule has 8 nitrogen and oxygen atoms in total. The average molecular weight is 564 g/mol. The molecule has 2 aromatic carbocycles. The number of aryl methyl sites for hydroxylation is 1. The molecule has 3 aliphatic heterocycles. The first kappa shape index (κ1) is 28.4. The van der Waals surface area contributed by atoms with Gasteiger partial charge in [-0.2, -0.15) is 11.8 Å².